The van der Waals surface area contributed by atoms with Crippen LogP contribution in [0.25, 0.3) is 10.4 Å². The Balaban J connectivity index is 1.86. The molecule has 5 atom stereocenters. The number of fused-ring (bicyclic) bond motifs is 1. The van der Waals surface area contributed by atoms with Gasteiger partial charge in [-0.05, 0) is 47.6 Å². The Morgan fingerprint density at radius 1 is 1.22 bits per heavy atom. The molecule has 1 aromatic rings. The molecule has 0 bridgehead atoms. The molecule has 2 heterocycles. The summed E-state index contributed by atoms with van der Waals surface area (Å²) in [5, 5.41) is 14.7. The standard InChI is InChI=1S/C24H40N3O8PSi/c1-6-7-12-31-16-20-23(35-36(29)32-14-17-10-8-9-11-18(17)15-33-36)22(28)21(26-27-25)19(34-20)13-24(2,3)37(4,5)30/h8-11,19-23,28,30H,6-7,12-16H2,1-5H3/t19-,20?,21+,22?,23+/m0/s1. The highest BCUT2D eigenvalue weighted by Crippen LogP contribution is 2.55. The van der Waals surface area contributed by atoms with Crippen LogP contribution in [0.2, 0.25) is 18.1 Å². The van der Waals surface area contributed by atoms with E-state index >= 15 is 0 Å². The van der Waals surface area contributed by atoms with Gasteiger partial charge in [-0.15, -0.1) is 0 Å². The fourth-order valence-electron chi connectivity index (χ4n) is 4.23. The van der Waals surface area contributed by atoms with Gasteiger partial charge in [0.05, 0.1) is 38.1 Å². The lowest BCUT2D eigenvalue weighted by Gasteiger charge is -2.46. The summed E-state index contributed by atoms with van der Waals surface area (Å²) in [5.74, 6) is 0. The van der Waals surface area contributed by atoms with Crippen LogP contribution in [0, 0.1) is 0 Å². The second kappa shape index (κ2) is 12.7. The van der Waals surface area contributed by atoms with E-state index in [9.17, 15) is 20.0 Å². The Morgan fingerprint density at radius 3 is 2.38 bits per heavy atom. The number of hydrogen-bond donors (Lipinski definition) is 2. The Morgan fingerprint density at radius 2 is 1.84 bits per heavy atom. The third-order valence-electron chi connectivity index (χ3n) is 7.39. The second-order valence-corrected chi connectivity index (χ2v) is 16.9. The quantitative estimate of drug-likeness (QED) is 0.0938. The van der Waals surface area contributed by atoms with Gasteiger partial charge in [0.25, 0.3) is 0 Å². The first kappa shape index (κ1) is 30.2. The predicted molar refractivity (Wildman–Crippen MR) is 140 cm³/mol. The highest BCUT2D eigenvalue weighted by molar-refractivity contribution is 7.48. The minimum Gasteiger partial charge on any atom is -0.432 e. The van der Waals surface area contributed by atoms with E-state index in [1.807, 2.05) is 58.1 Å². The minimum absolute atomic E-state index is 0.0155. The van der Waals surface area contributed by atoms with Gasteiger partial charge in [-0.1, -0.05) is 56.6 Å². The van der Waals surface area contributed by atoms with Crippen LogP contribution < -0.4 is 0 Å². The molecule has 11 nitrogen and oxygen atoms in total. The summed E-state index contributed by atoms with van der Waals surface area (Å²) < 4.78 is 42.7. The zero-order chi connectivity index (χ0) is 27.3. The van der Waals surface area contributed by atoms with Crippen LogP contribution in [0.5, 0.6) is 0 Å². The van der Waals surface area contributed by atoms with Gasteiger partial charge >= 0.3 is 7.82 Å². The first-order chi connectivity index (χ1) is 17.4. The van der Waals surface area contributed by atoms with Crippen LogP contribution in [0.4, 0.5) is 0 Å². The maximum Gasteiger partial charge on any atom is 0.475 e. The molecule has 0 aromatic heterocycles. The van der Waals surface area contributed by atoms with Crippen molar-refractivity contribution >= 4 is 16.1 Å². The van der Waals surface area contributed by atoms with E-state index in [0.717, 1.165) is 24.0 Å². The molecule has 1 fully saturated rings. The lowest BCUT2D eigenvalue weighted by Crippen LogP contribution is -2.59. The predicted octanol–water partition coefficient (Wildman–Crippen LogP) is 5.22. The number of ether oxygens (including phenoxy) is 2. The van der Waals surface area contributed by atoms with E-state index < -0.39 is 51.6 Å². The molecule has 3 rings (SSSR count). The summed E-state index contributed by atoms with van der Waals surface area (Å²) in [4.78, 5) is 13.7. The molecule has 0 amide bonds. The molecule has 2 unspecified atom stereocenters. The molecule has 0 aliphatic carbocycles. The summed E-state index contributed by atoms with van der Waals surface area (Å²) in [5.41, 5.74) is 10.9. The van der Waals surface area contributed by atoms with E-state index in [1.54, 1.807) is 0 Å². The molecule has 2 aliphatic rings. The number of aliphatic hydroxyl groups excluding tert-OH is 1. The van der Waals surface area contributed by atoms with Gasteiger partial charge < -0.3 is 19.4 Å². The largest absolute Gasteiger partial charge is 0.475 e. The molecule has 2 N–H and O–H groups in total. The monoisotopic (exact) mass is 557 g/mol. The third-order valence-corrected chi connectivity index (χ3v) is 12.3. The Bertz CT molecular complexity index is 969. The van der Waals surface area contributed by atoms with Crippen molar-refractivity contribution in [3.8, 4) is 0 Å². The van der Waals surface area contributed by atoms with Crippen molar-refractivity contribution in [3.63, 3.8) is 0 Å². The fourth-order valence-corrected chi connectivity index (χ4v) is 6.28. The highest BCUT2D eigenvalue weighted by atomic mass is 31.2. The van der Waals surface area contributed by atoms with Gasteiger partial charge in [-0.25, -0.2) is 4.57 Å². The molecule has 0 spiro atoms. The van der Waals surface area contributed by atoms with Crippen LogP contribution in [0.3, 0.4) is 0 Å². The lowest BCUT2D eigenvalue weighted by molar-refractivity contribution is -0.194. The number of phosphoric acid groups is 1. The minimum atomic E-state index is -4.12. The Kier molecular flexibility index (Phi) is 10.4. The third kappa shape index (κ3) is 7.64. The number of nitrogens with zero attached hydrogens (tertiary/aromatic N) is 3. The lowest BCUT2D eigenvalue weighted by atomic mass is 9.88. The van der Waals surface area contributed by atoms with Crippen molar-refractivity contribution < 1.29 is 37.5 Å². The maximum absolute atomic E-state index is 13.6. The Hall–Kier alpha value is -1.30. The molecule has 208 valence electrons. The normalized spacial score (nSPS) is 28.1. The second-order valence-electron chi connectivity index (χ2n) is 10.8. The van der Waals surface area contributed by atoms with Gasteiger partial charge in [0.1, 0.15) is 12.2 Å². The number of benzene rings is 1. The maximum atomic E-state index is 13.6. The summed E-state index contributed by atoms with van der Waals surface area (Å²) in [6, 6.07) is 6.36. The molecular formula is C24H40N3O8PSi. The van der Waals surface area contributed by atoms with Gasteiger partial charge in [0.2, 0.25) is 0 Å². The molecular weight excluding hydrogens is 517 g/mol. The molecule has 1 aromatic carbocycles. The zero-order valence-corrected chi connectivity index (χ0v) is 24.2. The number of azide groups is 1. The summed E-state index contributed by atoms with van der Waals surface area (Å²) in [6.07, 6.45) is -2.03. The van der Waals surface area contributed by atoms with Crippen LogP contribution in [-0.2, 0) is 40.8 Å². The van der Waals surface area contributed by atoms with Crippen LogP contribution >= 0.6 is 7.82 Å². The van der Waals surface area contributed by atoms with Crippen molar-refractivity contribution in [2.75, 3.05) is 13.2 Å². The molecule has 37 heavy (non-hydrogen) atoms. The van der Waals surface area contributed by atoms with Crippen molar-refractivity contribution in [2.24, 2.45) is 5.11 Å². The van der Waals surface area contributed by atoms with Crippen molar-refractivity contribution in [3.05, 3.63) is 45.8 Å². The number of rotatable bonds is 11. The van der Waals surface area contributed by atoms with E-state index in [2.05, 4.69) is 10.0 Å². The van der Waals surface area contributed by atoms with Crippen molar-refractivity contribution in [2.45, 2.75) is 102 Å². The zero-order valence-electron chi connectivity index (χ0n) is 22.3. The van der Waals surface area contributed by atoms with Gasteiger partial charge in [0, 0.05) is 11.5 Å². The fraction of sp³-hybridized carbons (Fsp3) is 0.750. The van der Waals surface area contributed by atoms with Gasteiger partial charge in [-0.2, -0.15) is 0 Å². The van der Waals surface area contributed by atoms with Crippen LogP contribution in [0.15, 0.2) is 29.4 Å². The highest BCUT2D eigenvalue weighted by Gasteiger charge is 2.52. The van der Waals surface area contributed by atoms with E-state index in [1.165, 1.54) is 0 Å². The summed E-state index contributed by atoms with van der Waals surface area (Å²) in [7, 11) is -6.77. The molecule has 0 radical (unpaired) electrons. The smallest absolute Gasteiger partial charge is 0.432 e. The number of aliphatic hydroxyl groups is 1. The number of phosphoric ester groups is 1. The Labute approximate surface area is 219 Å². The number of unbranched alkanes of at least 4 members (excludes halogenated alkanes) is 1. The van der Waals surface area contributed by atoms with Crippen molar-refractivity contribution in [1.29, 1.82) is 0 Å². The molecule has 13 heteroatoms. The van der Waals surface area contributed by atoms with E-state index in [4.69, 9.17) is 23.0 Å². The number of hydrogen-bond acceptors (Lipinski definition) is 9. The molecule has 1 saturated heterocycles. The first-order valence-electron chi connectivity index (χ1n) is 12.7. The van der Waals surface area contributed by atoms with Gasteiger partial charge in [-0.3, -0.25) is 13.6 Å². The van der Waals surface area contributed by atoms with Crippen LogP contribution in [-0.4, -0.2) is 61.9 Å². The van der Waals surface area contributed by atoms with Gasteiger partial charge in [0.15, 0.2) is 8.32 Å². The summed E-state index contributed by atoms with van der Waals surface area (Å²) in [6.45, 7) is 10.1. The SMILES string of the molecule is CCCCOCC1O[C@@H](CC(C)(C)[Si](C)(C)O)[C@@H](N=[N+]=[N-])C(O)[C@@H]1OP1(=O)OCc2ccccc2CO1. The molecule has 2 aliphatic heterocycles. The topological polar surface area (TPSA) is 152 Å². The first-order valence-corrected chi connectivity index (χ1v) is 17.1. The average Bonchev–Trinajstić information content (AvgIpc) is 3.00. The average molecular weight is 558 g/mol. The van der Waals surface area contributed by atoms with Crippen molar-refractivity contribution in [1.82, 2.24) is 0 Å². The van der Waals surface area contributed by atoms with Crippen LogP contribution in [0.1, 0.15) is 51.2 Å². The van der Waals surface area contributed by atoms with E-state index in [-0.39, 0.29) is 19.8 Å². The molecule has 0 saturated carbocycles. The van der Waals surface area contributed by atoms with E-state index in [0.29, 0.717) is 13.0 Å². The summed E-state index contributed by atoms with van der Waals surface area (Å²) >= 11 is 0.